The number of hydrogen-bond acceptors (Lipinski definition) is 3. The Bertz CT molecular complexity index is 748. The zero-order valence-corrected chi connectivity index (χ0v) is 14.6. The second-order valence-corrected chi connectivity index (χ2v) is 7.63. The Balaban J connectivity index is 1.41. The van der Waals surface area contributed by atoms with E-state index < -0.39 is 0 Å². The Morgan fingerprint density at radius 1 is 1.28 bits per heavy atom. The summed E-state index contributed by atoms with van der Waals surface area (Å²) >= 11 is 0. The van der Waals surface area contributed by atoms with Crippen LogP contribution in [-0.2, 0) is 11.2 Å². The molecule has 0 radical (unpaired) electrons. The highest BCUT2D eigenvalue weighted by Gasteiger charge is 2.47. The van der Waals surface area contributed by atoms with E-state index in [0.717, 1.165) is 44.4 Å². The molecule has 3 heterocycles. The average Bonchev–Trinajstić information content (AvgIpc) is 3.22. The van der Waals surface area contributed by atoms with Gasteiger partial charge in [0.25, 0.3) is 0 Å². The summed E-state index contributed by atoms with van der Waals surface area (Å²) in [6.07, 6.45) is 5.44. The van der Waals surface area contributed by atoms with Gasteiger partial charge in [-0.15, -0.1) is 0 Å². The first-order chi connectivity index (χ1) is 12.2. The van der Waals surface area contributed by atoms with E-state index in [1.54, 1.807) is 0 Å². The van der Waals surface area contributed by atoms with E-state index in [1.165, 1.54) is 10.9 Å². The van der Waals surface area contributed by atoms with E-state index in [0.29, 0.717) is 13.0 Å². The van der Waals surface area contributed by atoms with Gasteiger partial charge in [0.2, 0.25) is 5.91 Å². The van der Waals surface area contributed by atoms with Crippen molar-refractivity contribution in [3.63, 3.8) is 0 Å². The molecule has 2 aromatic rings. The molecule has 5 heteroatoms. The van der Waals surface area contributed by atoms with Gasteiger partial charge in [-0.3, -0.25) is 4.79 Å². The van der Waals surface area contributed by atoms with Crippen LogP contribution in [0.15, 0.2) is 30.5 Å². The van der Waals surface area contributed by atoms with Gasteiger partial charge in [-0.25, -0.2) is 0 Å². The number of H-pyrrole nitrogens is 1. The monoisotopic (exact) mass is 341 g/mol. The molecular formula is C20H27N3O2. The average molecular weight is 341 g/mol. The summed E-state index contributed by atoms with van der Waals surface area (Å²) in [7, 11) is 0. The number of fused-ring (bicyclic) bond motifs is 1. The predicted molar refractivity (Wildman–Crippen MR) is 98.3 cm³/mol. The quantitative estimate of drug-likeness (QED) is 0.796. The van der Waals surface area contributed by atoms with Gasteiger partial charge in [-0.2, -0.15) is 0 Å². The van der Waals surface area contributed by atoms with Crippen molar-refractivity contribution in [1.82, 2.24) is 15.2 Å². The van der Waals surface area contributed by atoms with Crippen molar-refractivity contribution in [3.8, 4) is 0 Å². The summed E-state index contributed by atoms with van der Waals surface area (Å²) in [5, 5.41) is 14.4. The van der Waals surface area contributed by atoms with E-state index in [2.05, 4.69) is 22.4 Å². The van der Waals surface area contributed by atoms with Gasteiger partial charge in [-0.1, -0.05) is 18.2 Å². The van der Waals surface area contributed by atoms with Crippen molar-refractivity contribution in [2.75, 3.05) is 32.8 Å². The number of nitrogens with one attached hydrogen (secondary N) is 2. The molecule has 2 aliphatic heterocycles. The number of likely N-dealkylation sites (tertiary alicyclic amines) is 1. The number of piperidine rings is 1. The molecule has 1 aromatic carbocycles. The molecule has 1 unspecified atom stereocenters. The number of amides is 1. The number of aliphatic hydroxyl groups excluding tert-OH is 1. The number of nitrogens with zero attached hydrogens (tertiary/aromatic N) is 1. The van der Waals surface area contributed by atoms with Gasteiger partial charge in [0.1, 0.15) is 0 Å². The lowest BCUT2D eigenvalue weighted by Gasteiger charge is -2.37. The minimum atomic E-state index is 0.121. The van der Waals surface area contributed by atoms with Gasteiger partial charge in [-0.05, 0) is 49.4 Å². The fraction of sp³-hybridized carbons (Fsp3) is 0.550. The van der Waals surface area contributed by atoms with E-state index in [4.69, 9.17) is 0 Å². The molecule has 134 valence electrons. The molecule has 0 bridgehead atoms. The topological polar surface area (TPSA) is 68.4 Å². The molecule has 0 saturated carbocycles. The maximum absolute atomic E-state index is 12.8. The molecule has 0 aliphatic carbocycles. The SMILES string of the molecule is O=C(CCc1c[nH]c2ccccc12)N1CC(CO)C2(CCNCC2)C1. The van der Waals surface area contributed by atoms with Crippen molar-refractivity contribution in [1.29, 1.82) is 0 Å². The van der Waals surface area contributed by atoms with E-state index in [9.17, 15) is 9.90 Å². The van der Waals surface area contributed by atoms with E-state index in [-0.39, 0.29) is 23.8 Å². The van der Waals surface area contributed by atoms with Crippen LogP contribution in [0.1, 0.15) is 24.8 Å². The molecule has 1 spiro atoms. The molecule has 2 fully saturated rings. The van der Waals surface area contributed by atoms with Crippen molar-refractivity contribution in [3.05, 3.63) is 36.0 Å². The maximum Gasteiger partial charge on any atom is 0.222 e. The third-order valence-corrected chi connectivity index (χ3v) is 6.27. The van der Waals surface area contributed by atoms with Crippen molar-refractivity contribution in [2.45, 2.75) is 25.7 Å². The number of aliphatic hydroxyl groups is 1. The van der Waals surface area contributed by atoms with Crippen LogP contribution < -0.4 is 5.32 Å². The summed E-state index contributed by atoms with van der Waals surface area (Å²) in [5.41, 5.74) is 2.45. The molecule has 1 amide bonds. The minimum Gasteiger partial charge on any atom is -0.396 e. The lowest BCUT2D eigenvalue weighted by molar-refractivity contribution is -0.130. The number of rotatable bonds is 4. The fourth-order valence-corrected chi connectivity index (χ4v) is 4.70. The number of carbonyl (C=O) groups is 1. The summed E-state index contributed by atoms with van der Waals surface area (Å²) in [6.45, 7) is 3.70. The lowest BCUT2D eigenvalue weighted by atomic mass is 9.71. The molecule has 3 N–H and O–H groups in total. The zero-order valence-electron chi connectivity index (χ0n) is 14.6. The molecule has 2 saturated heterocycles. The van der Waals surface area contributed by atoms with Crippen LogP contribution in [-0.4, -0.2) is 53.7 Å². The van der Waals surface area contributed by atoms with Crippen LogP contribution in [0.5, 0.6) is 0 Å². The Morgan fingerprint density at radius 2 is 2.08 bits per heavy atom. The number of carbonyl (C=O) groups excluding carboxylic acids is 1. The zero-order chi connectivity index (χ0) is 17.3. The summed E-state index contributed by atoms with van der Waals surface area (Å²) < 4.78 is 0. The van der Waals surface area contributed by atoms with Crippen LogP contribution in [0.2, 0.25) is 0 Å². The van der Waals surface area contributed by atoms with Gasteiger partial charge in [0, 0.05) is 49.1 Å². The minimum absolute atomic E-state index is 0.121. The Kier molecular flexibility index (Phi) is 4.52. The highest BCUT2D eigenvalue weighted by Crippen LogP contribution is 2.43. The molecule has 2 aliphatic rings. The predicted octanol–water partition coefficient (Wildman–Crippen LogP) is 1.92. The first kappa shape index (κ1) is 16.6. The Hall–Kier alpha value is -1.85. The summed E-state index contributed by atoms with van der Waals surface area (Å²) in [5.74, 6) is 0.450. The molecule has 5 nitrogen and oxygen atoms in total. The largest absolute Gasteiger partial charge is 0.396 e. The van der Waals surface area contributed by atoms with Crippen LogP contribution in [0.4, 0.5) is 0 Å². The summed E-state index contributed by atoms with van der Waals surface area (Å²) in [6, 6.07) is 8.22. The molecular weight excluding hydrogens is 314 g/mol. The first-order valence-electron chi connectivity index (χ1n) is 9.36. The van der Waals surface area contributed by atoms with Gasteiger partial charge in [0.05, 0.1) is 0 Å². The maximum atomic E-state index is 12.8. The van der Waals surface area contributed by atoms with Crippen LogP contribution in [0, 0.1) is 11.3 Å². The fourth-order valence-electron chi connectivity index (χ4n) is 4.70. The number of benzene rings is 1. The molecule has 1 aromatic heterocycles. The van der Waals surface area contributed by atoms with Crippen molar-refractivity contribution >= 4 is 16.8 Å². The highest BCUT2D eigenvalue weighted by molar-refractivity contribution is 5.84. The van der Waals surface area contributed by atoms with Gasteiger partial charge >= 0.3 is 0 Å². The second-order valence-electron chi connectivity index (χ2n) is 7.63. The van der Waals surface area contributed by atoms with Crippen molar-refractivity contribution < 1.29 is 9.90 Å². The van der Waals surface area contributed by atoms with Gasteiger partial charge < -0.3 is 20.3 Å². The van der Waals surface area contributed by atoms with E-state index in [1.807, 2.05) is 23.2 Å². The standard InChI is InChI=1S/C20H27N3O2/c24-13-16-12-23(14-20(16)7-9-21-10-8-20)19(25)6-5-15-11-22-18-4-2-1-3-17(15)18/h1-4,11,16,21-22,24H,5-10,12-14H2. The van der Waals surface area contributed by atoms with Crippen molar-refractivity contribution in [2.24, 2.45) is 11.3 Å². The smallest absolute Gasteiger partial charge is 0.222 e. The number of aryl methyl sites for hydroxylation is 1. The second kappa shape index (κ2) is 6.81. The van der Waals surface area contributed by atoms with E-state index >= 15 is 0 Å². The number of para-hydroxylation sites is 1. The lowest BCUT2D eigenvalue weighted by Crippen LogP contribution is -2.43. The summed E-state index contributed by atoms with van der Waals surface area (Å²) in [4.78, 5) is 18.1. The molecule has 25 heavy (non-hydrogen) atoms. The number of hydrogen-bond donors (Lipinski definition) is 3. The Labute approximate surface area is 148 Å². The van der Waals surface area contributed by atoms with Crippen LogP contribution in [0.3, 0.4) is 0 Å². The first-order valence-corrected chi connectivity index (χ1v) is 9.36. The number of aromatic nitrogens is 1. The van der Waals surface area contributed by atoms with Crippen LogP contribution in [0.25, 0.3) is 10.9 Å². The normalized spacial score (nSPS) is 22.8. The van der Waals surface area contributed by atoms with Gasteiger partial charge in [0.15, 0.2) is 0 Å². The molecule has 1 atom stereocenters. The molecule has 4 rings (SSSR count). The Morgan fingerprint density at radius 3 is 2.88 bits per heavy atom. The van der Waals surface area contributed by atoms with Crippen LogP contribution >= 0.6 is 0 Å². The third kappa shape index (κ3) is 3.07. The number of aromatic amines is 1. The third-order valence-electron chi connectivity index (χ3n) is 6.27. The highest BCUT2D eigenvalue weighted by atomic mass is 16.3.